The second-order valence-corrected chi connectivity index (χ2v) is 3.35. The summed E-state index contributed by atoms with van der Waals surface area (Å²) in [5, 5.41) is 12.8. The van der Waals surface area contributed by atoms with Crippen LogP contribution in [0.5, 0.6) is 0 Å². The Kier molecular flexibility index (Phi) is 2.35. The average Bonchev–Trinajstić information content (AvgIpc) is 2.57. The van der Waals surface area contributed by atoms with Gasteiger partial charge in [0.15, 0.2) is 5.82 Å². The fraction of sp³-hybridized carbons (Fsp3) is 0. The third-order valence-electron chi connectivity index (χ3n) is 1.69. The van der Waals surface area contributed by atoms with Crippen LogP contribution in [0.3, 0.4) is 0 Å². The van der Waals surface area contributed by atoms with Gasteiger partial charge in [-0.1, -0.05) is 0 Å². The fourth-order valence-electron chi connectivity index (χ4n) is 1.10. The number of nitrogens with zero attached hydrogens (tertiary/aromatic N) is 5. The third kappa shape index (κ3) is 1.67. The highest BCUT2D eigenvalue weighted by Crippen LogP contribution is 2.16. The maximum absolute atomic E-state index is 8.88. The van der Waals surface area contributed by atoms with E-state index in [2.05, 4.69) is 31.0 Å². The molecule has 0 aromatic carbocycles. The van der Waals surface area contributed by atoms with E-state index in [4.69, 9.17) is 11.0 Å². The number of hydrogen-bond donors (Lipinski definition) is 1. The molecule has 7 heteroatoms. The summed E-state index contributed by atoms with van der Waals surface area (Å²) < 4.78 is 1.78. The molecule has 6 nitrogen and oxygen atoms in total. The van der Waals surface area contributed by atoms with Crippen LogP contribution in [0.2, 0.25) is 0 Å². The number of rotatable bonds is 1. The molecule has 0 unspecified atom stereocenters. The number of anilines is 1. The summed E-state index contributed by atoms with van der Waals surface area (Å²) in [7, 11) is 0. The van der Waals surface area contributed by atoms with E-state index in [-0.39, 0.29) is 5.95 Å². The zero-order chi connectivity index (χ0) is 10.8. The summed E-state index contributed by atoms with van der Waals surface area (Å²) >= 11 is 3.18. The Hall–Kier alpha value is -1.94. The van der Waals surface area contributed by atoms with Crippen LogP contribution in [0, 0.1) is 11.3 Å². The molecule has 0 radical (unpaired) electrons. The van der Waals surface area contributed by atoms with Gasteiger partial charge in [0.1, 0.15) is 6.07 Å². The van der Waals surface area contributed by atoms with Crippen molar-refractivity contribution in [2.45, 2.75) is 0 Å². The fourth-order valence-corrected chi connectivity index (χ4v) is 1.52. The van der Waals surface area contributed by atoms with Crippen molar-refractivity contribution in [3.63, 3.8) is 0 Å². The SMILES string of the molecule is N#Cc1cccnc1-n1nc(N)nc1Br. The molecular formula is C8H5BrN6. The first-order valence-corrected chi connectivity index (χ1v) is 4.75. The van der Waals surface area contributed by atoms with Gasteiger partial charge in [-0.15, -0.1) is 5.10 Å². The molecular weight excluding hydrogens is 260 g/mol. The predicted molar refractivity (Wildman–Crippen MR) is 56.0 cm³/mol. The number of nitrogens with two attached hydrogens (primary N) is 1. The standard InChI is InChI=1S/C8H5BrN6/c9-7-13-8(11)14-15(7)6-5(4-10)2-1-3-12-6/h1-3H,(H2,11,14). The molecule has 2 aromatic heterocycles. The number of aromatic nitrogens is 4. The molecule has 2 heterocycles. The summed E-state index contributed by atoms with van der Waals surface area (Å²) in [5.74, 6) is 0.521. The van der Waals surface area contributed by atoms with Crippen LogP contribution in [0.1, 0.15) is 5.56 Å². The molecule has 0 aliphatic heterocycles. The van der Waals surface area contributed by atoms with Gasteiger partial charge < -0.3 is 5.73 Å². The summed E-state index contributed by atoms with van der Waals surface area (Å²) in [6, 6.07) is 5.34. The molecule has 0 fully saturated rings. The van der Waals surface area contributed by atoms with Gasteiger partial charge in [-0.3, -0.25) is 0 Å². The molecule has 0 saturated carbocycles. The minimum Gasteiger partial charge on any atom is -0.366 e. The molecule has 0 spiro atoms. The van der Waals surface area contributed by atoms with E-state index in [0.717, 1.165) is 0 Å². The van der Waals surface area contributed by atoms with Crippen molar-refractivity contribution in [2.24, 2.45) is 0 Å². The van der Waals surface area contributed by atoms with Gasteiger partial charge in [-0.05, 0) is 28.1 Å². The molecule has 0 saturated heterocycles. The molecule has 2 rings (SSSR count). The number of pyridine rings is 1. The molecule has 74 valence electrons. The Bertz CT molecular complexity index is 540. The molecule has 0 amide bonds. The highest BCUT2D eigenvalue weighted by atomic mass is 79.9. The van der Waals surface area contributed by atoms with Gasteiger partial charge in [-0.2, -0.15) is 14.9 Å². The first-order valence-electron chi connectivity index (χ1n) is 3.96. The zero-order valence-corrected chi connectivity index (χ0v) is 9.01. The predicted octanol–water partition coefficient (Wildman–Crippen LogP) is 0.879. The quantitative estimate of drug-likeness (QED) is 0.825. The highest BCUT2D eigenvalue weighted by Gasteiger charge is 2.11. The molecule has 2 N–H and O–H groups in total. The summed E-state index contributed by atoms with van der Waals surface area (Å²) in [6.07, 6.45) is 1.57. The van der Waals surface area contributed by atoms with Crippen LogP contribution >= 0.6 is 15.9 Å². The van der Waals surface area contributed by atoms with Crippen LogP contribution in [0.15, 0.2) is 23.1 Å². The number of nitrogen functional groups attached to an aromatic ring is 1. The average molecular weight is 265 g/mol. The van der Waals surface area contributed by atoms with Gasteiger partial charge in [0, 0.05) is 6.20 Å². The van der Waals surface area contributed by atoms with Crippen molar-refractivity contribution in [2.75, 3.05) is 5.73 Å². The van der Waals surface area contributed by atoms with E-state index in [1.807, 2.05) is 6.07 Å². The Balaban J connectivity index is 2.64. The van der Waals surface area contributed by atoms with Gasteiger partial charge in [0.25, 0.3) is 0 Å². The van der Waals surface area contributed by atoms with E-state index in [1.165, 1.54) is 4.68 Å². The van der Waals surface area contributed by atoms with Crippen LogP contribution in [-0.2, 0) is 0 Å². The Morgan fingerprint density at radius 1 is 1.53 bits per heavy atom. The van der Waals surface area contributed by atoms with Crippen LogP contribution < -0.4 is 5.73 Å². The van der Waals surface area contributed by atoms with Crippen molar-refractivity contribution < 1.29 is 0 Å². The third-order valence-corrected chi connectivity index (χ3v) is 2.21. The lowest BCUT2D eigenvalue weighted by atomic mass is 10.3. The molecule has 0 aliphatic rings. The number of halogens is 1. The minimum atomic E-state index is 0.122. The second-order valence-electron chi connectivity index (χ2n) is 2.64. The van der Waals surface area contributed by atoms with E-state index in [1.54, 1.807) is 18.3 Å². The van der Waals surface area contributed by atoms with E-state index >= 15 is 0 Å². The highest BCUT2D eigenvalue weighted by molar-refractivity contribution is 9.10. The Labute approximate surface area is 93.5 Å². The first kappa shape index (κ1) is 9.61. The summed E-state index contributed by atoms with van der Waals surface area (Å²) in [6.45, 7) is 0. The topological polar surface area (TPSA) is 93.4 Å². The largest absolute Gasteiger partial charge is 0.366 e. The smallest absolute Gasteiger partial charge is 0.240 e. The van der Waals surface area contributed by atoms with Gasteiger partial charge in [-0.25, -0.2) is 4.98 Å². The second kappa shape index (κ2) is 3.67. The maximum Gasteiger partial charge on any atom is 0.240 e. The van der Waals surface area contributed by atoms with Crippen molar-refractivity contribution in [1.82, 2.24) is 19.7 Å². The van der Waals surface area contributed by atoms with Crippen molar-refractivity contribution in [3.8, 4) is 11.9 Å². The van der Waals surface area contributed by atoms with Crippen molar-refractivity contribution in [3.05, 3.63) is 28.6 Å². The van der Waals surface area contributed by atoms with E-state index in [0.29, 0.717) is 16.1 Å². The van der Waals surface area contributed by atoms with Gasteiger partial charge in [0.05, 0.1) is 5.56 Å². The van der Waals surface area contributed by atoms with Gasteiger partial charge >= 0.3 is 0 Å². The number of nitriles is 1. The van der Waals surface area contributed by atoms with Gasteiger partial charge in [0.2, 0.25) is 10.7 Å². The molecule has 0 aliphatic carbocycles. The Morgan fingerprint density at radius 3 is 2.93 bits per heavy atom. The molecule has 15 heavy (non-hydrogen) atoms. The lowest BCUT2D eigenvalue weighted by Crippen LogP contribution is -2.03. The van der Waals surface area contributed by atoms with Crippen LogP contribution in [0.4, 0.5) is 5.95 Å². The zero-order valence-electron chi connectivity index (χ0n) is 7.42. The van der Waals surface area contributed by atoms with E-state index in [9.17, 15) is 0 Å². The summed E-state index contributed by atoms with van der Waals surface area (Å²) in [5.41, 5.74) is 5.83. The monoisotopic (exact) mass is 264 g/mol. The maximum atomic E-state index is 8.88. The summed E-state index contributed by atoms with van der Waals surface area (Å²) in [4.78, 5) is 7.91. The van der Waals surface area contributed by atoms with Crippen molar-refractivity contribution >= 4 is 21.9 Å². The minimum absolute atomic E-state index is 0.122. The van der Waals surface area contributed by atoms with Crippen LogP contribution in [-0.4, -0.2) is 19.7 Å². The molecule has 2 aromatic rings. The molecule has 0 bridgehead atoms. The molecule has 0 atom stereocenters. The van der Waals surface area contributed by atoms with Crippen molar-refractivity contribution in [1.29, 1.82) is 5.26 Å². The van der Waals surface area contributed by atoms with E-state index < -0.39 is 0 Å². The lowest BCUT2D eigenvalue weighted by molar-refractivity contribution is 0.824. The normalized spacial score (nSPS) is 9.87. The first-order chi connectivity index (χ1) is 7.22. The Morgan fingerprint density at radius 2 is 2.33 bits per heavy atom. The van der Waals surface area contributed by atoms with Crippen LogP contribution in [0.25, 0.3) is 5.82 Å². The number of hydrogen-bond acceptors (Lipinski definition) is 5. The lowest BCUT2D eigenvalue weighted by Gasteiger charge is -2.01.